The van der Waals surface area contributed by atoms with Gasteiger partial charge in [-0.1, -0.05) is 0 Å². The monoisotopic (exact) mass is 280 g/mol. The highest BCUT2D eigenvalue weighted by atomic mass is 19.3. The first-order chi connectivity index (χ1) is 9.54. The molecule has 0 atom stereocenters. The van der Waals surface area contributed by atoms with Crippen LogP contribution in [0.25, 0.3) is 0 Å². The Morgan fingerprint density at radius 2 is 1.95 bits per heavy atom. The van der Waals surface area contributed by atoms with Crippen molar-refractivity contribution in [3.05, 3.63) is 48.3 Å². The van der Waals surface area contributed by atoms with E-state index in [9.17, 15) is 18.7 Å². The summed E-state index contributed by atoms with van der Waals surface area (Å²) < 4.78 is 28.1. The molecule has 7 heteroatoms. The second-order valence-corrected chi connectivity index (χ2v) is 3.79. The molecule has 104 valence electrons. The van der Waals surface area contributed by atoms with Gasteiger partial charge in [0, 0.05) is 11.9 Å². The molecule has 2 aromatic rings. The molecule has 1 aromatic carbocycles. The van der Waals surface area contributed by atoms with Gasteiger partial charge < -0.3 is 15.2 Å². The zero-order valence-corrected chi connectivity index (χ0v) is 10.1. The smallest absolute Gasteiger partial charge is 0.387 e. The average Bonchev–Trinajstić information content (AvgIpc) is 2.40. The molecule has 5 nitrogen and oxygen atoms in total. The molecule has 0 saturated heterocycles. The maximum atomic E-state index is 12.0. The topological polar surface area (TPSA) is 71.5 Å². The van der Waals surface area contributed by atoms with Crippen LogP contribution < -0.4 is 10.1 Å². The minimum atomic E-state index is -2.89. The lowest BCUT2D eigenvalue weighted by Gasteiger charge is -2.07. The summed E-state index contributed by atoms with van der Waals surface area (Å²) in [5.41, 5.74) is 0.581. The standard InChI is InChI=1S/C13H10F2N2O3/c14-13(15)20-11-3-1-9(2-4-11)17-12(19)8-5-10(18)7-16-6-8/h1-7,13,18H,(H,17,19). The number of nitrogens with zero attached hydrogens (tertiary/aromatic N) is 1. The van der Waals surface area contributed by atoms with Crippen LogP contribution in [-0.4, -0.2) is 22.6 Å². The molecular formula is C13H10F2N2O3. The van der Waals surface area contributed by atoms with E-state index in [4.69, 9.17) is 0 Å². The van der Waals surface area contributed by atoms with Gasteiger partial charge in [-0.3, -0.25) is 9.78 Å². The molecule has 1 heterocycles. The number of amides is 1. The molecular weight excluding hydrogens is 270 g/mol. The number of alkyl halides is 2. The number of aromatic hydroxyl groups is 1. The van der Waals surface area contributed by atoms with E-state index in [0.29, 0.717) is 5.69 Å². The van der Waals surface area contributed by atoms with Crippen molar-refractivity contribution in [3.8, 4) is 11.5 Å². The summed E-state index contributed by atoms with van der Waals surface area (Å²) in [6.07, 6.45) is 2.50. The number of aromatic nitrogens is 1. The van der Waals surface area contributed by atoms with Crippen LogP contribution in [-0.2, 0) is 0 Å². The summed E-state index contributed by atoms with van der Waals surface area (Å²) >= 11 is 0. The highest BCUT2D eigenvalue weighted by Crippen LogP contribution is 2.18. The Morgan fingerprint density at radius 1 is 1.25 bits per heavy atom. The predicted octanol–water partition coefficient (Wildman–Crippen LogP) is 2.64. The first-order valence-electron chi connectivity index (χ1n) is 5.55. The zero-order chi connectivity index (χ0) is 14.5. The maximum absolute atomic E-state index is 12.0. The number of carbonyl (C=O) groups is 1. The van der Waals surface area contributed by atoms with Crippen LogP contribution in [0.1, 0.15) is 10.4 Å². The number of rotatable bonds is 4. The van der Waals surface area contributed by atoms with E-state index in [-0.39, 0.29) is 17.1 Å². The zero-order valence-electron chi connectivity index (χ0n) is 10.1. The van der Waals surface area contributed by atoms with Crippen LogP contribution in [0.2, 0.25) is 0 Å². The van der Waals surface area contributed by atoms with Gasteiger partial charge in [-0.2, -0.15) is 8.78 Å². The molecule has 2 N–H and O–H groups in total. The fourth-order valence-corrected chi connectivity index (χ4v) is 1.47. The Morgan fingerprint density at radius 3 is 2.55 bits per heavy atom. The maximum Gasteiger partial charge on any atom is 0.387 e. The third-order valence-corrected chi connectivity index (χ3v) is 2.32. The van der Waals surface area contributed by atoms with Crippen molar-refractivity contribution in [1.29, 1.82) is 0 Å². The van der Waals surface area contributed by atoms with Gasteiger partial charge in [0.15, 0.2) is 0 Å². The summed E-state index contributed by atoms with van der Waals surface area (Å²) in [4.78, 5) is 15.5. The first-order valence-corrected chi connectivity index (χ1v) is 5.55. The van der Waals surface area contributed by atoms with Crippen molar-refractivity contribution >= 4 is 11.6 Å². The number of hydrogen-bond donors (Lipinski definition) is 2. The number of carbonyl (C=O) groups excluding carboxylic acids is 1. The summed E-state index contributed by atoms with van der Waals surface area (Å²) in [5, 5.41) is 11.8. The van der Waals surface area contributed by atoms with Crippen LogP contribution >= 0.6 is 0 Å². The molecule has 0 bridgehead atoms. The van der Waals surface area contributed by atoms with Gasteiger partial charge >= 0.3 is 6.61 Å². The fourth-order valence-electron chi connectivity index (χ4n) is 1.47. The van der Waals surface area contributed by atoms with Gasteiger partial charge in [0.05, 0.1) is 11.8 Å². The summed E-state index contributed by atoms with van der Waals surface area (Å²) in [7, 11) is 0. The third-order valence-electron chi connectivity index (χ3n) is 2.32. The van der Waals surface area contributed by atoms with E-state index in [1.54, 1.807) is 0 Å². The molecule has 0 unspecified atom stereocenters. The molecule has 0 fully saturated rings. The van der Waals surface area contributed by atoms with Crippen molar-refractivity contribution in [3.63, 3.8) is 0 Å². The van der Waals surface area contributed by atoms with E-state index in [1.165, 1.54) is 42.7 Å². The Bertz CT molecular complexity index is 603. The van der Waals surface area contributed by atoms with Crippen LogP contribution in [0, 0.1) is 0 Å². The SMILES string of the molecule is O=C(Nc1ccc(OC(F)F)cc1)c1cncc(O)c1. The van der Waals surface area contributed by atoms with Crippen LogP contribution in [0.3, 0.4) is 0 Å². The van der Waals surface area contributed by atoms with Gasteiger partial charge in [0.1, 0.15) is 11.5 Å². The highest BCUT2D eigenvalue weighted by Gasteiger charge is 2.08. The Kier molecular flexibility index (Phi) is 4.09. The van der Waals surface area contributed by atoms with Gasteiger partial charge in [-0.15, -0.1) is 0 Å². The fraction of sp³-hybridized carbons (Fsp3) is 0.0769. The van der Waals surface area contributed by atoms with E-state index < -0.39 is 12.5 Å². The van der Waals surface area contributed by atoms with Crippen molar-refractivity contribution in [2.24, 2.45) is 0 Å². The molecule has 0 aliphatic heterocycles. The second-order valence-electron chi connectivity index (χ2n) is 3.79. The Hall–Kier alpha value is -2.70. The van der Waals surface area contributed by atoms with Gasteiger partial charge in [0.2, 0.25) is 0 Å². The quantitative estimate of drug-likeness (QED) is 0.903. The molecule has 0 saturated carbocycles. The van der Waals surface area contributed by atoms with E-state index in [1.807, 2.05) is 0 Å². The lowest BCUT2D eigenvalue weighted by atomic mass is 10.2. The second kappa shape index (κ2) is 5.96. The lowest BCUT2D eigenvalue weighted by molar-refractivity contribution is -0.0498. The van der Waals surface area contributed by atoms with Crippen LogP contribution in [0.4, 0.5) is 14.5 Å². The molecule has 0 spiro atoms. The molecule has 1 amide bonds. The number of nitrogens with one attached hydrogen (secondary N) is 1. The molecule has 0 radical (unpaired) electrons. The molecule has 2 rings (SSSR count). The Balaban J connectivity index is 2.04. The molecule has 1 aromatic heterocycles. The minimum Gasteiger partial charge on any atom is -0.506 e. The normalized spacial score (nSPS) is 10.3. The average molecular weight is 280 g/mol. The number of halogens is 2. The summed E-state index contributed by atoms with van der Waals surface area (Å²) in [6, 6.07) is 6.72. The first kappa shape index (κ1) is 13.7. The number of benzene rings is 1. The predicted molar refractivity (Wildman–Crippen MR) is 66.9 cm³/mol. The third kappa shape index (κ3) is 3.64. The summed E-state index contributed by atoms with van der Waals surface area (Å²) in [6.45, 7) is -2.89. The Labute approximate surface area is 112 Å². The highest BCUT2D eigenvalue weighted by molar-refractivity contribution is 6.04. The number of ether oxygens (including phenoxy) is 1. The van der Waals surface area contributed by atoms with Gasteiger partial charge in [0.25, 0.3) is 5.91 Å². The minimum absolute atomic E-state index is 0.00276. The van der Waals surface area contributed by atoms with E-state index >= 15 is 0 Å². The number of pyridine rings is 1. The summed E-state index contributed by atoms with van der Waals surface area (Å²) in [5.74, 6) is -0.605. The molecule has 0 aliphatic carbocycles. The van der Waals surface area contributed by atoms with Crippen molar-refractivity contribution in [1.82, 2.24) is 4.98 Å². The van der Waals surface area contributed by atoms with E-state index in [2.05, 4.69) is 15.0 Å². The lowest BCUT2D eigenvalue weighted by Crippen LogP contribution is -2.12. The van der Waals surface area contributed by atoms with Crippen molar-refractivity contribution < 1.29 is 23.4 Å². The van der Waals surface area contributed by atoms with Crippen LogP contribution in [0.15, 0.2) is 42.7 Å². The number of hydrogen-bond acceptors (Lipinski definition) is 4. The van der Waals surface area contributed by atoms with Gasteiger partial charge in [-0.05, 0) is 30.3 Å². The molecule has 20 heavy (non-hydrogen) atoms. The van der Waals surface area contributed by atoms with E-state index in [0.717, 1.165) is 0 Å². The largest absolute Gasteiger partial charge is 0.506 e. The molecule has 0 aliphatic rings. The van der Waals surface area contributed by atoms with Gasteiger partial charge in [-0.25, -0.2) is 0 Å². The van der Waals surface area contributed by atoms with Crippen molar-refractivity contribution in [2.75, 3.05) is 5.32 Å². The van der Waals surface area contributed by atoms with Crippen molar-refractivity contribution in [2.45, 2.75) is 6.61 Å². The van der Waals surface area contributed by atoms with Crippen LogP contribution in [0.5, 0.6) is 11.5 Å². The number of anilines is 1.